The minimum absolute atomic E-state index is 0. The zero-order chi connectivity index (χ0) is 28.8. The topological polar surface area (TPSA) is 239 Å². The van der Waals surface area contributed by atoms with E-state index in [2.05, 4.69) is 28.4 Å². The van der Waals surface area contributed by atoms with Crippen molar-refractivity contribution in [1.29, 1.82) is 0 Å². The van der Waals surface area contributed by atoms with Gasteiger partial charge < -0.3 is 48.8 Å². The number of carbonyl (C=O) groups excluding carboxylic acids is 6. The molecule has 0 saturated carbocycles. The Morgan fingerprint density at radius 2 is 1.07 bits per heavy atom. The second-order valence-electron chi connectivity index (χ2n) is 6.82. The lowest BCUT2D eigenvalue weighted by molar-refractivity contribution is -0.191. The van der Waals surface area contributed by atoms with E-state index in [1.165, 1.54) is 20.8 Å². The van der Waals surface area contributed by atoms with Gasteiger partial charge in [0.25, 0.3) is 0 Å². The smallest absolute Gasteiger partial charge is 0.347 e. The van der Waals surface area contributed by atoms with Crippen LogP contribution >= 0.6 is 0 Å². The van der Waals surface area contributed by atoms with Gasteiger partial charge in [0.2, 0.25) is 0 Å². The van der Waals surface area contributed by atoms with E-state index < -0.39 is 60.7 Å². The van der Waals surface area contributed by atoms with E-state index >= 15 is 0 Å². The van der Waals surface area contributed by atoms with E-state index in [4.69, 9.17) is 20.4 Å². The Bertz CT molecular complexity index is 677. The van der Waals surface area contributed by atoms with Crippen LogP contribution in [0, 0.1) is 0 Å². The normalized spacial score (nSPS) is 15.4. The van der Waals surface area contributed by atoms with Crippen LogP contribution in [0.3, 0.4) is 0 Å². The first-order valence-corrected chi connectivity index (χ1v) is 10.9. The molecule has 0 bridgehead atoms. The number of aliphatic hydroxyl groups is 4. The van der Waals surface area contributed by atoms with Gasteiger partial charge in [-0.1, -0.05) is 59.4 Å². The van der Waals surface area contributed by atoms with Crippen molar-refractivity contribution < 1.29 is 77.6 Å². The molecule has 2 fully saturated rings. The first-order chi connectivity index (χ1) is 17.4. The maximum Gasteiger partial charge on any atom is 0.347 e. The molecule has 0 spiro atoms. The van der Waals surface area contributed by atoms with Crippen LogP contribution in [0.1, 0.15) is 93.0 Å². The molecule has 2 saturated heterocycles. The van der Waals surface area contributed by atoms with Gasteiger partial charge in [0.15, 0.2) is 31.5 Å². The summed E-state index contributed by atoms with van der Waals surface area (Å²) in [5.41, 5.74) is 0. The van der Waals surface area contributed by atoms with Crippen molar-refractivity contribution in [1.82, 2.24) is 0 Å². The number of ether oxygens (including phenoxy) is 6. The minimum Gasteiger partial charge on any atom is -0.463 e. The van der Waals surface area contributed by atoms with Crippen molar-refractivity contribution in [3.05, 3.63) is 0 Å². The van der Waals surface area contributed by atoms with Crippen LogP contribution in [0.2, 0.25) is 0 Å². The molecule has 2 aliphatic heterocycles. The highest BCUT2D eigenvalue weighted by molar-refractivity contribution is 5.86. The minimum atomic E-state index is -1.03. The third-order valence-corrected chi connectivity index (χ3v) is 3.58. The second kappa shape index (κ2) is 42.8. The average molecular weight is 671 g/mol. The van der Waals surface area contributed by atoms with Gasteiger partial charge in [-0.15, -0.1) is 0 Å². The van der Waals surface area contributed by atoms with Gasteiger partial charge >= 0.3 is 35.8 Å². The number of cyclic esters (lactones) is 4. The molecule has 4 N–H and O–H groups in total. The van der Waals surface area contributed by atoms with Crippen LogP contribution in [0.4, 0.5) is 0 Å². The molecule has 0 aromatic rings. The lowest BCUT2D eigenvalue weighted by Gasteiger charge is -2.22. The van der Waals surface area contributed by atoms with Crippen molar-refractivity contribution >= 4 is 35.8 Å². The molecule has 16 heteroatoms. The van der Waals surface area contributed by atoms with Crippen LogP contribution in [0.5, 0.6) is 0 Å². The fourth-order valence-corrected chi connectivity index (χ4v) is 1.71. The van der Waals surface area contributed by atoms with Crippen molar-refractivity contribution in [2.45, 2.75) is 111 Å². The number of hydrogen-bond acceptors (Lipinski definition) is 16. The quantitative estimate of drug-likeness (QED) is 0.164. The van der Waals surface area contributed by atoms with Gasteiger partial charge in [-0.3, -0.25) is 0 Å². The number of aliphatic hydroxyl groups excluding tert-OH is 4. The summed E-state index contributed by atoms with van der Waals surface area (Å²) in [6.45, 7) is 3.25. The number of esters is 6. The summed E-state index contributed by atoms with van der Waals surface area (Å²) in [4.78, 5) is 63.1. The van der Waals surface area contributed by atoms with Gasteiger partial charge in [0, 0.05) is 26.2 Å². The molecule has 2 aliphatic rings. The Balaban J connectivity index is -0.0000000447. The standard InChI is InChI=1S/C8H14O6.C6H8O4.C4H4O4.C3H8O2.8CH4/c1-6(14-7(11)5-10)8(12)13-4-2-3-9;1-3-5(7)10-4(2)6(8)9-3;5-3-1-7-4(6)2-8-3;4-2-1-3-5;;;;;;;;/h6,9-10H,2-5H2,1H3;3-4H,1-2H3;1-2H2;4-5H,1-3H2;8*1H4. The predicted octanol–water partition coefficient (Wildman–Crippen LogP) is 2.24. The number of carbonyl (C=O) groups is 6. The summed E-state index contributed by atoms with van der Waals surface area (Å²) < 4.78 is 26.8. The molecule has 3 unspecified atom stereocenters. The fourth-order valence-electron chi connectivity index (χ4n) is 1.71. The molecule has 2 rings (SSSR count). The summed E-state index contributed by atoms with van der Waals surface area (Å²) in [7, 11) is 0. The Morgan fingerprint density at radius 1 is 0.711 bits per heavy atom. The summed E-state index contributed by atoms with van der Waals surface area (Å²) in [5.74, 6) is -3.50. The third-order valence-electron chi connectivity index (χ3n) is 3.58. The number of rotatable bonds is 8. The molecule has 2 heterocycles. The zero-order valence-corrected chi connectivity index (χ0v) is 20.8. The van der Waals surface area contributed by atoms with Crippen molar-refractivity contribution in [2.75, 3.05) is 46.2 Å². The van der Waals surface area contributed by atoms with Crippen molar-refractivity contribution in [2.24, 2.45) is 0 Å². The van der Waals surface area contributed by atoms with Crippen LogP contribution in [-0.4, -0.2) is 121 Å². The molecule has 278 valence electrons. The van der Waals surface area contributed by atoms with E-state index in [0.29, 0.717) is 12.8 Å². The van der Waals surface area contributed by atoms with E-state index in [1.807, 2.05) is 0 Å². The molecule has 3 atom stereocenters. The lowest BCUT2D eigenvalue weighted by atomic mass is 10.3. The van der Waals surface area contributed by atoms with Gasteiger partial charge in [-0.05, 0) is 27.2 Å². The van der Waals surface area contributed by atoms with Crippen molar-refractivity contribution in [3.63, 3.8) is 0 Å². The molecule has 0 radical (unpaired) electrons. The zero-order valence-electron chi connectivity index (χ0n) is 20.8. The first kappa shape index (κ1) is 68.7. The third kappa shape index (κ3) is 38.6. The molecule has 0 aromatic heterocycles. The Hall–Kier alpha value is -3.34. The monoisotopic (exact) mass is 670 g/mol. The molecular formula is C29H66O16. The van der Waals surface area contributed by atoms with Crippen LogP contribution in [0.15, 0.2) is 0 Å². The SMILES string of the molecule is C.C.C.C.C.C.C.C.CC(OC(=O)CO)C(=O)OCCCO.CC1OC(=O)C(C)OC1=O.O=C1COC(=O)CO1.OCCCO. The summed E-state index contributed by atoms with van der Waals surface area (Å²) in [5, 5.41) is 32.5. The summed E-state index contributed by atoms with van der Waals surface area (Å²) in [6.07, 6.45) is -1.69. The van der Waals surface area contributed by atoms with Gasteiger partial charge in [0.05, 0.1) is 6.61 Å². The van der Waals surface area contributed by atoms with E-state index in [0.717, 1.165) is 0 Å². The molecular weight excluding hydrogens is 604 g/mol. The van der Waals surface area contributed by atoms with Crippen molar-refractivity contribution in [3.8, 4) is 0 Å². The fraction of sp³-hybridized carbons (Fsp3) is 0.793. The van der Waals surface area contributed by atoms with Gasteiger partial charge in [0.1, 0.15) is 6.61 Å². The first-order valence-electron chi connectivity index (χ1n) is 10.9. The molecule has 0 aromatic carbocycles. The molecule has 0 aliphatic carbocycles. The Labute approximate surface area is 271 Å². The number of hydrogen-bond donors (Lipinski definition) is 4. The predicted molar refractivity (Wildman–Crippen MR) is 171 cm³/mol. The highest BCUT2D eigenvalue weighted by atomic mass is 16.6. The van der Waals surface area contributed by atoms with Gasteiger partial charge in [-0.2, -0.15) is 0 Å². The Kier molecular flexibility index (Phi) is 65.3. The van der Waals surface area contributed by atoms with Gasteiger partial charge in [-0.25, -0.2) is 28.8 Å². The maximum absolute atomic E-state index is 11.0. The molecule has 16 nitrogen and oxygen atoms in total. The second-order valence-corrected chi connectivity index (χ2v) is 6.82. The molecule has 45 heavy (non-hydrogen) atoms. The largest absolute Gasteiger partial charge is 0.463 e. The lowest BCUT2D eigenvalue weighted by Crippen LogP contribution is -2.40. The maximum atomic E-state index is 11.0. The van der Waals surface area contributed by atoms with E-state index in [9.17, 15) is 28.8 Å². The highest BCUT2D eigenvalue weighted by Gasteiger charge is 2.32. The highest BCUT2D eigenvalue weighted by Crippen LogP contribution is 2.08. The van der Waals surface area contributed by atoms with Crippen LogP contribution < -0.4 is 0 Å². The summed E-state index contributed by atoms with van der Waals surface area (Å²) in [6, 6.07) is 0. The van der Waals surface area contributed by atoms with Crippen LogP contribution in [0.25, 0.3) is 0 Å². The molecule has 0 amide bonds. The van der Waals surface area contributed by atoms with E-state index in [-0.39, 0.29) is 99.1 Å². The Morgan fingerprint density at radius 3 is 1.33 bits per heavy atom. The summed E-state index contributed by atoms with van der Waals surface area (Å²) >= 11 is 0. The van der Waals surface area contributed by atoms with Crippen LogP contribution in [-0.2, 0) is 57.2 Å². The average Bonchev–Trinajstić information content (AvgIpc) is 2.86. The van der Waals surface area contributed by atoms with E-state index in [1.54, 1.807) is 0 Å².